The topological polar surface area (TPSA) is 50.3 Å². The maximum absolute atomic E-state index is 5.68. The molecule has 5 heteroatoms. The number of nitrogens with zero attached hydrogens (tertiary/aromatic N) is 3. The smallest absolute Gasteiger partial charge is 0.224 e. The van der Waals surface area contributed by atoms with Crippen LogP contribution in [-0.4, -0.2) is 42.3 Å². The molecule has 0 amide bonds. The number of anilines is 2. The molecule has 2 saturated heterocycles. The van der Waals surface area contributed by atoms with E-state index in [-0.39, 0.29) is 0 Å². The van der Waals surface area contributed by atoms with E-state index in [0.29, 0.717) is 6.10 Å². The monoisotopic (exact) mass is 366 g/mol. The van der Waals surface area contributed by atoms with Crippen LogP contribution in [-0.2, 0) is 11.2 Å². The zero-order valence-corrected chi connectivity index (χ0v) is 16.2. The molecule has 0 radical (unpaired) electrons. The first-order valence-electron chi connectivity index (χ1n) is 10.3. The maximum Gasteiger partial charge on any atom is 0.224 e. The van der Waals surface area contributed by atoms with E-state index in [1.165, 1.54) is 24.8 Å². The van der Waals surface area contributed by atoms with Crippen molar-refractivity contribution in [3.8, 4) is 0 Å². The predicted molar refractivity (Wildman–Crippen MR) is 109 cm³/mol. The Kier molecular flexibility index (Phi) is 5.87. The molecule has 2 aromatic rings. The van der Waals surface area contributed by atoms with Gasteiger partial charge in [0.05, 0.1) is 6.10 Å². The highest BCUT2D eigenvalue weighted by atomic mass is 16.5. The van der Waals surface area contributed by atoms with Gasteiger partial charge in [-0.05, 0) is 50.5 Å². The third-order valence-corrected chi connectivity index (χ3v) is 5.66. The second-order valence-corrected chi connectivity index (χ2v) is 7.83. The zero-order valence-electron chi connectivity index (χ0n) is 16.2. The van der Waals surface area contributed by atoms with Crippen molar-refractivity contribution in [1.29, 1.82) is 0 Å². The summed E-state index contributed by atoms with van der Waals surface area (Å²) in [5, 5.41) is 3.37. The van der Waals surface area contributed by atoms with Crippen LogP contribution in [0.2, 0.25) is 0 Å². The van der Waals surface area contributed by atoms with E-state index in [0.717, 1.165) is 62.5 Å². The van der Waals surface area contributed by atoms with Crippen LogP contribution < -0.4 is 10.2 Å². The van der Waals surface area contributed by atoms with Crippen LogP contribution in [0.5, 0.6) is 0 Å². The van der Waals surface area contributed by atoms with Crippen molar-refractivity contribution in [3.63, 3.8) is 0 Å². The lowest BCUT2D eigenvalue weighted by molar-refractivity contribution is 0.120. The van der Waals surface area contributed by atoms with Crippen molar-refractivity contribution >= 4 is 11.8 Å². The van der Waals surface area contributed by atoms with Gasteiger partial charge in [0, 0.05) is 38.0 Å². The van der Waals surface area contributed by atoms with Crippen LogP contribution in [0.1, 0.15) is 36.9 Å². The van der Waals surface area contributed by atoms with E-state index in [4.69, 9.17) is 9.72 Å². The first-order valence-corrected chi connectivity index (χ1v) is 10.3. The lowest BCUT2D eigenvalue weighted by atomic mass is 9.90. The van der Waals surface area contributed by atoms with Crippen LogP contribution >= 0.6 is 0 Å². The molecule has 27 heavy (non-hydrogen) atoms. The summed E-state index contributed by atoms with van der Waals surface area (Å²) in [6, 6.07) is 13.0. The van der Waals surface area contributed by atoms with E-state index in [1.54, 1.807) is 0 Å². The number of ether oxygens (including phenoxy) is 1. The molecule has 0 bridgehead atoms. The molecule has 0 aliphatic carbocycles. The van der Waals surface area contributed by atoms with E-state index in [1.807, 2.05) is 6.92 Å². The van der Waals surface area contributed by atoms with Gasteiger partial charge in [-0.1, -0.05) is 30.3 Å². The van der Waals surface area contributed by atoms with Crippen molar-refractivity contribution in [1.82, 2.24) is 9.97 Å². The van der Waals surface area contributed by atoms with Gasteiger partial charge in [-0.3, -0.25) is 0 Å². The molecule has 1 N–H and O–H groups in total. The minimum Gasteiger partial charge on any atom is -0.376 e. The molecule has 2 aliphatic heterocycles. The fraction of sp³-hybridized carbons (Fsp3) is 0.545. The Bertz CT molecular complexity index is 722. The summed E-state index contributed by atoms with van der Waals surface area (Å²) in [7, 11) is 0. The Hall–Kier alpha value is -2.14. The first-order chi connectivity index (χ1) is 13.3. The molecule has 144 valence electrons. The second kappa shape index (κ2) is 8.70. The average molecular weight is 367 g/mol. The predicted octanol–water partition coefficient (Wildman–Crippen LogP) is 3.84. The number of nitrogens with one attached hydrogen (secondary N) is 1. The van der Waals surface area contributed by atoms with Gasteiger partial charge in [0.15, 0.2) is 0 Å². The summed E-state index contributed by atoms with van der Waals surface area (Å²) in [5.74, 6) is 2.55. The third-order valence-electron chi connectivity index (χ3n) is 5.66. The van der Waals surface area contributed by atoms with Gasteiger partial charge in [0.2, 0.25) is 5.95 Å². The Labute approximate surface area is 162 Å². The van der Waals surface area contributed by atoms with Gasteiger partial charge in [-0.2, -0.15) is 4.98 Å². The summed E-state index contributed by atoms with van der Waals surface area (Å²) in [6.07, 6.45) is 6.20. The Balaban J connectivity index is 1.33. The van der Waals surface area contributed by atoms with Gasteiger partial charge in [0.25, 0.3) is 0 Å². The Morgan fingerprint density at radius 3 is 2.67 bits per heavy atom. The summed E-state index contributed by atoms with van der Waals surface area (Å²) < 4.78 is 5.68. The molecule has 1 unspecified atom stereocenters. The van der Waals surface area contributed by atoms with Crippen molar-refractivity contribution in [2.45, 2.75) is 45.1 Å². The number of aromatic nitrogens is 2. The van der Waals surface area contributed by atoms with E-state index in [2.05, 4.69) is 51.6 Å². The fourth-order valence-electron chi connectivity index (χ4n) is 4.12. The lowest BCUT2D eigenvalue weighted by Crippen LogP contribution is -2.35. The van der Waals surface area contributed by atoms with E-state index >= 15 is 0 Å². The molecule has 0 saturated carbocycles. The molecule has 2 aliphatic rings. The molecule has 0 spiro atoms. The van der Waals surface area contributed by atoms with Crippen LogP contribution in [0.4, 0.5) is 11.8 Å². The SMILES string of the molecule is Cc1cc(N2CCC(Cc3ccccc3)CC2)nc(NCC2CCCO2)n1. The van der Waals surface area contributed by atoms with Crippen molar-refractivity contribution < 1.29 is 4.74 Å². The molecule has 1 aromatic heterocycles. The Morgan fingerprint density at radius 2 is 1.93 bits per heavy atom. The van der Waals surface area contributed by atoms with E-state index < -0.39 is 0 Å². The molecular formula is C22H30N4O. The largest absolute Gasteiger partial charge is 0.376 e. The number of hydrogen-bond donors (Lipinski definition) is 1. The summed E-state index contributed by atoms with van der Waals surface area (Å²) in [4.78, 5) is 11.7. The quantitative estimate of drug-likeness (QED) is 0.842. The summed E-state index contributed by atoms with van der Waals surface area (Å²) in [6.45, 7) is 5.86. The van der Waals surface area contributed by atoms with E-state index in [9.17, 15) is 0 Å². The average Bonchev–Trinajstić information content (AvgIpc) is 3.21. The third kappa shape index (κ3) is 4.98. The fourth-order valence-corrected chi connectivity index (χ4v) is 4.12. The standard InChI is InChI=1S/C22H30N4O/c1-17-14-21(25-22(24-17)23-16-20-8-5-13-27-20)26-11-9-19(10-12-26)15-18-6-3-2-4-7-18/h2-4,6-7,14,19-20H,5,8-13,15-16H2,1H3,(H,23,24,25). The van der Waals surface area contributed by atoms with Gasteiger partial charge < -0.3 is 15.0 Å². The Morgan fingerprint density at radius 1 is 1.11 bits per heavy atom. The van der Waals surface area contributed by atoms with Crippen LogP contribution in [0.3, 0.4) is 0 Å². The van der Waals surface area contributed by atoms with Crippen LogP contribution in [0.15, 0.2) is 36.4 Å². The summed E-state index contributed by atoms with van der Waals surface area (Å²) in [5.41, 5.74) is 2.47. The van der Waals surface area contributed by atoms with Crippen molar-refractivity contribution in [3.05, 3.63) is 47.7 Å². The zero-order chi connectivity index (χ0) is 18.5. The molecule has 1 aromatic carbocycles. The molecule has 3 heterocycles. The van der Waals surface area contributed by atoms with Crippen LogP contribution in [0.25, 0.3) is 0 Å². The molecule has 4 rings (SSSR count). The maximum atomic E-state index is 5.68. The number of rotatable bonds is 6. The molecule has 2 fully saturated rings. The van der Waals surface area contributed by atoms with Gasteiger partial charge in [0.1, 0.15) is 5.82 Å². The first kappa shape index (κ1) is 18.2. The van der Waals surface area contributed by atoms with Gasteiger partial charge in [-0.25, -0.2) is 4.98 Å². The highest BCUT2D eigenvalue weighted by Crippen LogP contribution is 2.25. The normalized spacial score (nSPS) is 20.8. The molecular weight excluding hydrogens is 336 g/mol. The number of benzene rings is 1. The highest BCUT2D eigenvalue weighted by Gasteiger charge is 2.21. The van der Waals surface area contributed by atoms with Crippen LogP contribution in [0, 0.1) is 12.8 Å². The minimum atomic E-state index is 0.297. The minimum absolute atomic E-state index is 0.297. The summed E-state index contributed by atoms with van der Waals surface area (Å²) >= 11 is 0. The van der Waals surface area contributed by atoms with Gasteiger partial charge >= 0.3 is 0 Å². The van der Waals surface area contributed by atoms with Crippen molar-refractivity contribution in [2.75, 3.05) is 36.5 Å². The second-order valence-electron chi connectivity index (χ2n) is 7.83. The molecule has 1 atom stereocenters. The number of hydrogen-bond acceptors (Lipinski definition) is 5. The lowest BCUT2D eigenvalue weighted by Gasteiger charge is -2.33. The molecule has 5 nitrogen and oxygen atoms in total. The van der Waals surface area contributed by atoms with Crippen molar-refractivity contribution in [2.24, 2.45) is 5.92 Å². The highest BCUT2D eigenvalue weighted by molar-refractivity contribution is 5.45. The number of aryl methyl sites for hydroxylation is 1. The number of piperidine rings is 1. The van der Waals surface area contributed by atoms with Gasteiger partial charge in [-0.15, -0.1) is 0 Å².